The molecule has 1 aromatic carbocycles. The molecule has 76 valence electrons. The summed E-state index contributed by atoms with van der Waals surface area (Å²) in [6.45, 7) is 1.02. The third kappa shape index (κ3) is 1.62. The van der Waals surface area contributed by atoms with Crippen molar-refractivity contribution < 1.29 is 17.9 Å². The van der Waals surface area contributed by atoms with Crippen molar-refractivity contribution in [3.05, 3.63) is 23.8 Å². The lowest BCUT2D eigenvalue weighted by Crippen LogP contribution is -2.18. The molecule has 0 bridgehead atoms. The minimum atomic E-state index is -4.31. The molecule has 0 amide bonds. The van der Waals surface area contributed by atoms with Gasteiger partial charge in [0, 0.05) is 6.54 Å². The van der Waals surface area contributed by atoms with Crippen molar-refractivity contribution in [2.24, 2.45) is 0 Å². The molecular weight excluding hydrogens is 195 g/mol. The first-order valence-corrected chi connectivity index (χ1v) is 4.15. The molecule has 1 aliphatic rings. The van der Waals surface area contributed by atoms with Crippen molar-refractivity contribution in [1.29, 1.82) is 0 Å². The van der Waals surface area contributed by atoms with Crippen LogP contribution in [0.3, 0.4) is 0 Å². The maximum Gasteiger partial charge on any atom is 0.416 e. The van der Waals surface area contributed by atoms with Crippen LogP contribution in [0.5, 0.6) is 5.75 Å². The van der Waals surface area contributed by atoms with Gasteiger partial charge < -0.3 is 10.1 Å². The fraction of sp³-hybridized carbons (Fsp3) is 0.333. The normalized spacial score (nSPS) is 15.4. The van der Waals surface area contributed by atoms with Crippen LogP contribution in [0.1, 0.15) is 5.56 Å². The van der Waals surface area contributed by atoms with Gasteiger partial charge in [-0.2, -0.15) is 13.2 Å². The summed E-state index contributed by atoms with van der Waals surface area (Å²) >= 11 is 0. The fourth-order valence-corrected chi connectivity index (χ4v) is 1.31. The summed E-state index contributed by atoms with van der Waals surface area (Å²) in [5, 5.41) is 2.95. The van der Waals surface area contributed by atoms with Crippen LogP contribution in [-0.4, -0.2) is 13.2 Å². The molecule has 1 N–H and O–H groups in total. The summed E-state index contributed by atoms with van der Waals surface area (Å²) in [7, 11) is 0. The second-order valence-electron chi connectivity index (χ2n) is 2.98. The van der Waals surface area contributed by atoms with Crippen LogP contribution in [0.15, 0.2) is 18.2 Å². The Morgan fingerprint density at radius 2 is 2.07 bits per heavy atom. The number of hydrogen-bond donors (Lipinski definition) is 1. The Balaban J connectivity index is 2.39. The number of anilines is 1. The third-order valence-corrected chi connectivity index (χ3v) is 1.98. The van der Waals surface area contributed by atoms with E-state index >= 15 is 0 Å². The maximum absolute atomic E-state index is 12.3. The minimum absolute atomic E-state index is 0.270. The van der Waals surface area contributed by atoms with Crippen LogP contribution in [0.25, 0.3) is 0 Å². The summed E-state index contributed by atoms with van der Waals surface area (Å²) in [5.41, 5.74) is -0.0656. The van der Waals surface area contributed by atoms with Gasteiger partial charge in [-0.05, 0) is 18.2 Å². The van der Waals surface area contributed by atoms with Crippen molar-refractivity contribution >= 4 is 5.69 Å². The van der Waals surface area contributed by atoms with Crippen LogP contribution in [0.4, 0.5) is 18.9 Å². The fourth-order valence-electron chi connectivity index (χ4n) is 1.31. The molecule has 0 saturated carbocycles. The van der Waals surface area contributed by atoms with E-state index in [0.29, 0.717) is 18.8 Å². The summed E-state index contributed by atoms with van der Waals surface area (Å²) in [6.07, 6.45) is -4.31. The summed E-state index contributed by atoms with van der Waals surface area (Å²) in [6, 6.07) is 3.44. The van der Waals surface area contributed by atoms with Crippen LogP contribution >= 0.6 is 0 Å². The number of halogens is 3. The van der Waals surface area contributed by atoms with Crippen molar-refractivity contribution in [2.45, 2.75) is 6.18 Å². The molecule has 0 aliphatic carbocycles. The van der Waals surface area contributed by atoms with Crippen LogP contribution in [-0.2, 0) is 6.18 Å². The van der Waals surface area contributed by atoms with Gasteiger partial charge in [0.1, 0.15) is 12.4 Å². The second kappa shape index (κ2) is 3.08. The van der Waals surface area contributed by atoms with E-state index in [1.165, 1.54) is 6.07 Å². The highest BCUT2D eigenvalue weighted by molar-refractivity contribution is 5.59. The van der Waals surface area contributed by atoms with Gasteiger partial charge in [0.25, 0.3) is 0 Å². The number of alkyl halides is 3. The molecule has 1 aliphatic heterocycles. The average molecular weight is 203 g/mol. The topological polar surface area (TPSA) is 21.3 Å². The van der Waals surface area contributed by atoms with Crippen LogP contribution in [0, 0.1) is 0 Å². The molecule has 2 nitrogen and oxygen atoms in total. The van der Waals surface area contributed by atoms with Gasteiger partial charge in [-0.25, -0.2) is 0 Å². The molecule has 0 unspecified atom stereocenters. The standard InChI is InChI=1S/C9H8F3NO/c10-9(11,12)6-1-2-7-8(5-6)14-4-3-13-7/h1-2,5,13H,3-4H2. The Labute approximate surface area is 78.7 Å². The predicted molar refractivity (Wildman–Crippen MR) is 45.4 cm³/mol. The molecule has 14 heavy (non-hydrogen) atoms. The van der Waals surface area contributed by atoms with Gasteiger partial charge >= 0.3 is 6.18 Å². The summed E-state index contributed by atoms with van der Waals surface area (Å²) in [5.74, 6) is 0.270. The number of ether oxygens (including phenoxy) is 1. The average Bonchev–Trinajstić information content (AvgIpc) is 2.16. The second-order valence-corrected chi connectivity index (χ2v) is 2.98. The molecule has 0 fully saturated rings. The summed E-state index contributed by atoms with van der Waals surface area (Å²) < 4.78 is 41.9. The van der Waals surface area contributed by atoms with Gasteiger partial charge in [-0.15, -0.1) is 0 Å². The highest BCUT2D eigenvalue weighted by atomic mass is 19.4. The van der Waals surface area contributed by atoms with E-state index in [4.69, 9.17) is 4.74 Å². The Kier molecular flexibility index (Phi) is 2.02. The van der Waals surface area contributed by atoms with E-state index in [1.54, 1.807) is 0 Å². The first kappa shape index (κ1) is 9.18. The van der Waals surface area contributed by atoms with E-state index < -0.39 is 11.7 Å². The van der Waals surface area contributed by atoms with Crippen molar-refractivity contribution in [3.8, 4) is 5.75 Å². The molecule has 0 aromatic heterocycles. The molecule has 0 spiro atoms. The number of rotatable bonds is 0. The third-order valence-electron chi connectivity index (χ3n) is 1.98. The zero-order valence-corrected chi connectivity index (χ0v) is 7.19. The first-order valence-electron chi connectivity index (χ1n) is 4.15. The monoisotopic (exact) mass is 203 g/mol. The lowest BCUT2D eigenvalue weighted by Gasteiger charge is -2.20. The minimum Gasteiger partial charge on any atom is -0.490 e. The molecule has 2 rings (SSSR count). The first-order chi connectivity index (χ1) is 6.57. The van der Waals surface area contributed by atoms with Crippen molar-refractivity contribution in [1.82, 2.24) is 0 Å². The predicted octanol–water partition coefficient (Wildman–Crippen LogP) is 2.51. The molecule has 0 radical (unpaired) electrons. The zero-order valence-electron chi connectivity index (χ0n) is 7.19. The quantitative estimate of drug-likeness (QED) is 0.699. The van der Waals surface area contributed by atoms with Crippen LogP contribution in [0.2, 0.25) is 0 Å². The molecule has 5 heteroatoms. The highest BCUT2D eigenvalue weighted by Gasteiger charge is 2.31. The Bertz CT molecular complexity index is 348. The lowest BCUT2D eigenvalue weighted by molar-refractivity contribution is -0.137. The van der Waals surface area contributed by atoms with E-state index in [1.807, 2.05) is 0 Å². The molecule has 0 saturated heterocycles. The van der Waals surface area contributed by atoms with Gasteiger partial charge in [0.15, 0.2) is 0 Å². The van der Waals surface area contributed by atoms with Gasteiger partial charge in [0.2, 0.25) is 0 Å². The Morgan fingerprint density at radius 3 is 2.79 bits per heavy atom. The Hall–Kier alpha value is -1.39. The Morgan fingerprint density at radius 1 is 1.29 bits per heavy atom. The zero-order chi connectivity index (χ0) is 10.2. The van der Waals surface area contributed by atoms with Crippen molar-refractivity contribution in [3.63, 3.8) is 0 Å². The number of hydrogen-bond acceptors (Lipinski definition) is 2. The smallest absolute Gasteiger partial charge is 0.416 e. The molecule has 1 aromatic rings. The number of nitrogens with one attached hydrogen (secondary N) is 1. The maximum atomic E-state index is 12.3. The largest absolute Gasteiger partial charge is 0.490 e. The highest BCUT2D eigenvalue weighted by Crippen LogP contribution is 2.35. The number of fused-ring (bicyclic) bond motifs is 1. The lowest BCUT2D eigenvalue weighted by atomic mass is 10.1. The van der Waals surface area contributed by atoms with E-state index in [-0.39, 0.29) is 5.75 Å². The van der Waals surface area contributed by atoms with Gasteiger partial charge in [-0.1, -0.05) is 0 Å². The molecular formula is C9H8F3NO. The van der Waals surface area contributed by atoms with E-state index in [2.05, 4.69) is 5.32 Å². The van der Waals surface area contributed by atoms with E-state index in [0.717, 1.165) is 12.1 Å². The summed E-state index contributed by atoms with van der Waals surface area (Å²) in [4.78, 5) is 0. The number of benzene rings is 1. The molecule has 0 atom stereocenters. The SMILES string of the molecule is FC(F)(F)c1ccc2c(c1)OCCN2. The van der Waals surface area contributed by atoms with E-state index in [9.17, 15) is 13.2 Å². The van der Waals surface area contributed by atoms with Crippen LogP contribution < -0.4 is 10.1 Å². The molecule has 1 heterocycles. The van der Waals surface area contributed by atoms with Crippen molar-refractivity contribution in [2.75, 3.05) is 18.5 Å². The van der Waals surface area contributed by atoms with Gasteiger partial charge in [-0.3, -0.25) is 0 Å². The van der Waals surface area contributed by atoms with Gasteiger partial charge in [0.05, 0.1) is 11.3 Å².